The Balaban J connectivity index is 1.35. The number of pyridine rings is 1. The van der Waals surface area contributed by atoms with Crippen LogP contribution in [0.1, 0.15) is 25.7 Å². The number of aromatic nitrogens is 3. The molecule has 2 aromatic heterocycles. The number of para-hydroxylation sites is 1. The normalized spacial score (nSPS) is 13.8. The zero-order chi connectivity index (χ0) is 23.4. The lowest BCUT2D eigenvalue weighted by Crippen LogP contribution is -2.50. The molecule has 2 amide bonds. The second kappa shape index (κ2) is 9.76. The molecule has 0 unspecified atom stereocenters. The molecule has 10 heteroatoms. The van der Waals surface area contributed by atoms with E-state index in [1.165, 1.54) is 0 Å². The van der Waals surface area contributed by atoms with Crippen LogP contribution in [0.15, 0.2) is 41.1 Å². The molecule has 3 aromatic rings. The van der Waals surface area contributed by atoms with Crippen LogP contribution in [0.4, 0.5) is 16.3 Å². The average Bonchev–Trinajstić information content (AvgIpc) is 3.35. The van der Waals surface area contributed by atoms with Gasteiger partial charge in [-0.05, 0) is 24.3 Å². The van der Waals surface area contributed by atoms with Gasteiger partial charge in [-0.1, -0.05) is 25.1 Å². The summed E-state index contributed by atoms with van der Waals surface area (Å²) in [5.41, 5.74) is 1.38. The van der Waals surface area contributed by atoms with Crippen molar-refractivity contribution in [3.8, 4) is 22.9 Å². The molecule has 1 aromatic carbocycles. The molecule has 3 heterocycles. The van der Waals surface area contributed by atoms with Gasteiger partial charge in [-0.25, -0.2) is 9.78 Å². The molecule has 0 atom stereocenters. The van der Waals surface area contributed by atoms with Gasteiger partial charge in [-0.15, -0.1) is 0 Å². The summed E-state index contributed by atoms with van der Waals surface area (Å²) in [6, 6.07) is 9.08. The summed E-state index contributed by atoms with van der Waals surface area (Å²) in [4.78, 5) is 25.7. The molecular weight excluding hydrogens is 424 g/mol. The van der Waals surface area contributed by atoms with Crippen molar-refractivity contribution in [3.63, 3.8) is 0 Å². The van der Waals surface area contributed by atoms with Crippen LogP contribution in [0.5, 0.6) is 11.5 Å². The number of methoxy groups -OCH3 is 2. The Morgan fingerprint density at radius 1 is 1.09 bits per heavy atom. The van der Waals surface area contributed by atoms with Gasteiger partial charge >= 0.3 is 6.03 Å². The number of nitrogens with one attached hydrogen (secondary N) is 1. The van der Waals surface area contributed by atoms with Gasteiger partial charge in [0.15, 0.2) is 11.5 Å². The van der Waals surface area contributed by atoms with Crippen molar-refractivity contribution in [3.05, 3.63) is 42.4 Å². The zero-order valence-electron chi connectivity index (χ0n) is 19.2. The fraction of sp³-hybridized carbons (Fsp3) is 0.391. The molecule has 0 radical (unpaired) electrons. The van der Waals surface area contributed by atoms with Crippen LogP contribution in [-0.4, -0.2) is 66.5 Å². The number of amides is 2. The molecule has 1 saturated heterocycles. The SMILES string of the molecule is COc1cccc(NC(=O)N2CCN(c3ccc(-c4noc(C(C)C)n4)cn3)CC2)c1OC. The number of rotatable bonds is 6. The van der Waals surface area contributed by atoms with Crippen molar-refractivity contribution >= 4 is 17.5 Å². The van der Waals surface area contributed by atoms with Crippen molar-refractivity contribution in [2.45, 2.75) is 19.8 Å². The van der Waals surface area contributed by atoms with E-state index in [0.717, 1.165) is 11.4 Å². The highest BCUT2D eigenvalue weighted by molar-refractivity contribution is 5.91. The Morgan fingerprint density at radius 3 is 2.48 bits per heavy atom. The molecule has 33 heavy (non-hydrogen) atoms. The highest BCUT2D eigenvalue weighted by Crippen LogP contribution is 2.34. The second-order valence-electron chi connectivity index (χ2n) is 7.96. The average molecular weight is 453 g/mol. The number of anilines is 2. The van der Waals surface area contributed by atoms with Gasteiger partial charge in [0.25, 0.3) is 0 Å². The Hall–Kier alpha value is -3.82. The second-order valence-corrected chi connectivity index (χ2v) is 7.96. The summed E-state index contributed by atoms with van der Waals surface area (Å²) in [6.07, 6.45) is 1.75. The molecule has 10 nitrogen and oxygen atoms in total. The van der Waals surface area contributed by atoms with Gasteiger partial charge in [0.2, 0.25) is 11.7 Å². The van der Waals surface area contributed by atoms with Crippen LogP contribution in [0.2, 0.25) is 0 Å². The minimum Gasteiger partial charge on any atom is -0.493 e. The van der Waals surface area contributed by atoms with E-state index >= 15 is 0 Å². The predicted octanol–water partition coefficient (Wildman–Crippen LogP) is 3.63. The molecule has 1 aliphatic heterocycles. The van der Waals surface area contributed by atoms with Crippen molar-refractivity contribution in [1.82, 2.24) is 20.0 Å². The number of hydrogen-bond acceptors (Lipinski definition) is 8. The van der Waals surface area contributed by atoms with Crippen LogP contribution in [-0.2, 0) is 0 Å². The largest absolute Gasteiger partial charge is 0.493 e. The molecule has 0 bridgehead atoms. The number of nitrogens with zero attached hydrogens (tertiary/aromatic N) is 5. The number of benzene rings is 1. The van der Waals surface area contributed by atoms with Gasteiger partial charge in [0, 0.05) is 43.9 Å². The van der Waals surface area contributed by atoms with E-state index in [0.29, 0.717) is 55.1 Å². The van der Waals surface area contributed by atoms with Gasteiger partial charge < -0.3 is 29.1 Å². The van der Waals surface area contributed by atoms with Crippen molar-refractivity contribution < 1.29 is 18.8 Å². The molecule has 0 aliphatic carbocycles. The van der Waals surface area contributed by atoms with E-state index in [1.807, 2.05) is 32.0 Å². The molecule has 0 saturated carbocycles. The van der Waals surface area contributed by atoms with Crippen LogP contribution in [0.3, 0.4) is 0 Å². The van der Waals surface area contributed by atoms with Crippen LogP contribution in [0.25, 0.3) is 11.4 Å². The fourth-order valence-electron chi connectivity index (χ4n) is 3.61. The molecule has 1 N–H and O–H groups in total. The van der Waals surface area contributed by atoms with E-state index in [1.54, 1.807) is 37.4 Å². The Morgan fingerprint density at radius 2 is 1.88 bits per heavy atom. The number of hydrogen-bond donors (Lipinski definition) is 1. The van der Waals surface area contributed by atoms with E-state index < -0.39 is 0 Å². The topological polar surface area (TPSA) is 106 Å². The summed E-state index contributed by atoms with van der Waals surface area (Å²) >= 11 is 0. The van der Waals surface area contributed by atoms with Crippen LogP contribution in [0, 0.1) is 0 Å². The first kappa shape index (κ1) is 22.4. The summed E-state index contributed by atoms with van der Waals surface area (Å²) in [7, 11) is 3.11. The van der Waals surface area contributed by atoms with Crippen LogP contribution >= 0.6 is 0 Å². The number of piperazine rings is 1. The highest BCUT2D eigenvalue weighted by Gasteiger charge is 2.23. The number of carbonyl (C=O) groups excluding carboxylic acids is 1. The standard InChI is InChI=1S/C23H28N6O4/c1-15(2)22-26-21(27-33-22)16-8-9-19(24-14-16)28-10-12-29(13-11-28)23(30)25-17-6-5-7-18(31-3)20(17)32-4/h5-9,14-15H,10-13H2,1-4H3,(H,25,30). The Kier molecular flexibility index (Phi) is 6.62. The first-order valence-corrected chi connectivity index (χ1v) is 10.8. The Labute approximate surface area is 192 Å². The van der Waals surface area contributed by atoms with E-state index in [4.69, 9.17) is 14.0 Å². The van der Waals surface area contributed by atoms with E-state index in [2.05, 4.69) is 25.3 Å². The maximum atomic E-state index is 12.8. The van der Waals surface area contributed by atoms with Gasteiger partial charge in [-0.2, -0.15) is 4.98 Å². The molecule has 1 fully saturated rings. The fourth-order valence-corrected chi connectivity index (χ4v) is 3.61. The lowest BCUT2D eigenvalue weighted by Gasteiger charge is -2.35. The molecular formula is C23H28N6O4. The lowest BCUT2D eigenvalue weighted by molar-refractivity contribution is 0.208. The number of carbonyl (C=O) groups is 1. The smallest absolute Gasteiger partial charge is 0.322 e. The van der Waals surface area contributed by atoms with Crippen LogP contribution < -0.4 is 19.7 Å². The lowest BCUT2D eigenvalue weighted by atomic mass is 10.2. The summed E-state index contributed by atoms with van der Waals surface area (Å²) in [6.45, 7) is 6.51. The maximum absolute atomic E-state index is 12.8. The van der Waals surface area contributed by atoms with Crippen molar-refractivity contribution in [2.75, 3.05) is 50.6 Å². The monoisotopic (exact) mass is 452 g/mol. The zero-order valence-corrected chi connectivity index (χ0v) is 19.2. The predicted molar refractivity (Wildman–Crippen MR) is 124 cm³/mol. The minimum absolute atomic E-state index is 0.178. The third kappa shape index (κ3) is 4.84. The van der Waals surface area contributed by atoms with E-state index in [9.17, 15) is 4.79 Å². The van der Waals surface area contributed by atoms with Gasteiger partial charge in [-0.3, -0.25) is 0 Å². The molecule has 1 aliphatic rings. The molecule has 4 rings (SSSR count). The third-order valence-corrected chi connectivity index (χ3v) is 5.48. The molecule has 174 valence electrons. The summed E-state index contributed by atoms with van der Waals surface area (Å²) in [5, 5.41) is 6.95. The number of urea groups is 1. The maximum Gasteiger partial charge on any atom is 0.322 e. The van der Waals surface area contributed by atoms with Crippen molar-refractivity contribution in [1.29, 1.82) is 0 Å². The molecule has 0 spiro atoms. The quantitative estimate of drug-likeness (QED) is 0.604. The summed E-state index contributed by atoms with van der Waals surface area (Å²) in [5.74, 6) is 3.23. The van der Waals surface area contributed by atoms with E-state index in [-0.39, 0.29) is 11.9 Å². The van der Waals surface area contributed by atoms with Gasteiger partial charge in [0.1, 0.15) is 5.82 Å². The summed E-state index contributed by atoms with van der Waals surface area (Å²) < 4.78 is 16.0. The first-order chi connectivity index (χ1) is 16.0. The third-order valence-electron chi connectivity index (χ3n) is 5.48. The van der Waals surface area contributed by atoms with Crippen molar-refractivity contribution in [2.24, 2.45) is 0 Å². The highest BCUT2D eigenvalue weighted by atomic mass is 16.5. The first-order valence-electron chi connectivity index (χ1n) is 10.8. The Bertz CT molecular complexity index is 1090. The number of ether oxygens (including phenoxy) is 2. The van der Waals surface area contributed by atoms with Gasteiger partial charge in [0.05, 0.1) is 19.9 Å². The minimum atomic E-state index is -0.178.